The summed E-state index contributed by atoms with van der Waals surface area (Å²) in [6.07, 6.45) is 0.929. The van der Waals surface area contributed by atoms with Crippen LogP contribution in [0.2, 0.25) is 0 Å². The van der Waals surface area contributed by atoms with E-state index >= 15 is 0 Å². The van der Waals surface area contributed by atoms with E-state index in [1.807, 2.05) is 38.1 Å². The zero-order valence-electron chi connectivity index (χ0n) is 11.0. The lowest BCUT2D eigenvalue weighted by atomic mass is 9.99. The van der Waals surface area contributed by atoms with Gasteiger partial charge in [-0.2, -0.15) is 0 Å². The molecular formula is C14H21NO2. The third-order valence-electron chi connectivity index (χ3n) is 3.04. The van der Waals surface area contributed by atoms with Crippen LogP contribution in [0.1, 0.15) is 25.8 Å². The van der Waals surface area contributed by atoms with Gasteiger partial charge in [-0.05, 0) is 25.0 Å². The number of esters is 1. The van der Waals surface area contributed by atoms with Gasteiger partial charge in [0.15, 0.2) is 0 Å². The largest absolute Gasteiger partial charge is 0.467 e. The molecule has 1 N–H and O–H groups in total. The molecule has 1 aromatic carbocycles. The fraction of sp³-hybridized carbons (Fsp3) is 0.500. The van der Waals surface area contributed by atoms with Crippen LogP contribution in [0.4, 0.5) is 5.69 Å². The van der Waals surface area contributed by atoms with E-state index in [0.717, 1.165) is 12.1 Å². The summed E-state index contributed by atoms with van der Waals surface area (Å²) in [7, 11) is 1.43. The molecule has 3 nitrogen and oxygen atoms in total. The van der Waals surface area contributed by atoms with Crippen LogP contribution in [0.15, 0.2) is 24.3 Å². The summed E-state index contributed by atoms with van der Waals surface area (Å²) in [5, 5.41) is 3.23. The molecule has 0 bridgehead atoms. The van der Waals surface area contributed by atoms with Gasteiger partial charge in [0.1, 0.15) is 6.04 Å². The zero-order valence-corrected chi connectivity index (χ0v) is 11.0. The molecule has 2 unspecified atom stereocenters. The number of hydrogen-bond donors (Lipinski definition) is 1. The molecule has 0 fully saturated rings. The lowest BCUT2D eigenvalue weighted by Crippen LogP contribution is -2.36. The van der Waals surface area contributed by atoms with E-state index in [4.69, 9.17) is 4.74 Å². The minimum Gasteiger partial charge on any atom is -0.467 e. The summed E-state index contributed by atoms with van der Waals surface area (Å²) in [6.45, 7) is 6.15. The topological polar surface area (TPSA) is 38.3 Å². The van der Waals surface area contributed by atoms with Crippen LogP contribution in [0.25, 0.3) is 0 Å². The predicted octanol–water partition coefficient (Wildman–Crippen LogP) is 2.99. The first-order valence-corrected chi connectivity index (χ1v) is 5.99. The average Bonchev–Trinajstić information content (AvgIpc) is 2.36. The van der Waals surface area contributed by atoms with Crippen molar-refractivity contribution in [2.45, 2.75) is 33.2 Å². The van der Waals surface area contributed by atoms with Gasteiger partial charge in [-0.25, -0.2) is 4.79 Å². The third-order valence-corrected chi connectivity index (χ3v) is 3.04. The van der Waals surface area contributed by atoms with Crippen LogP contribution in [-0.2, 0) is 9.53 Å². The Bertz CT molecular complexity index is 359. The number of carbonyl (C=O) groups excluding carboxylic acids is 1. The van der Waals surface area contributed by atoms with Crippen molar-refractivity contribution in [1.29, 1.82) is 0 Å². The van der Waals surface area contributed by atoms with Crippen molar-refractivity contribution in [2.75, 3.05) is 12.4 Å². The molecule has 3 heteroatoms. The van der Waals surface area contributed by atoms with E-state index in [2.05, 4.69) is 12.2 Å². The fourth-order valence-electron chi connectivity index (χ4n) is 1.63. The Morgan fingerprint density at radius 1 is 1.35 bits per heavy atom. The quantitative estimate of drug-likeness (QED) is 0.797. The van der Waals surface area contributed by atoms with Gasteiger partial charge in [-0.1, -0.05) is 38.0 Å². The molecule has 1 rings (SSSR count). The Balaban J connectivity index is 2.78. The van der Waals surface area contributed by atoms with Crippen LogP contribution in [0, 0.1) is 12.8 Å². The Morgan fingerprint density at radius 2 is 1.94 bits per heavy atom. The molecule has 0 aliphatic rings. The number of carbonyl (C=O) groups is 1. The number of rotatable bonds is 5. The van der Waals surface area contributed by atoms with E-state index in [9.17, 15) is 4.79 Å². The number of aryl methyl sites for hydroxylation is 1. The molecule has 0 aliphatic carbocycles. The molecular weight excluding hydrogens is 214 g/mol. The molecule has 0 saturated heterocycles. The minimum atomic E-state index is -0.285. The van der Waals surface area contributed by atoms with Crippen molar-refractivity contribution >= 4 is 11.7 Å². The van der Waals surface area contributed by atoms with Gasteiger partial charge in [0.25, 0.3) is 0 Å². The van der Waals surface area contributed by atoms with Gasteiger partial charge in [-0.3, -0.25) is 0 Å². The maximum absolute atomic E-state index is 11.7. The van der Waals surface area contributed by atoms with E-state index in [0.29, 0.717) is 0 Å². The van der Waals surface area contributed by atoms with Crippen LogP contribution >= 0.6 is 0 Å². The predicted molar refractivity (Wildman–Crippen MR) is 70.1 cm³/mol. The number of anilines is 1. The summed E-state index contributed by atoms with van der Waals surface area (Å²) in [4.78, 5) is 11.7. The van der Waals surface area contributed by atoms with E-state index in [1.54, 1.807) is 0 Å². The summed E-state index contributed by atoms with van der Waals surface area (Å²) in [5.74, 6) is 0.0312. The summed E-state index contributed by atoms with van der Waals surface area (Å²) < 4.78 is 4.83. The summed E-state index contributed by atoms with van der Waals surface area (Å²) in [6, 6.07) is 7.72. The highest BCUT2D eigenvalue weighted by Crippen LogP contribution is 2.16. The molecule has 0 saturated carbocycles. The molecule has 0 amide bonds. The Kier molecular flexibility index (Phi) is 5.01. The highest BCUT2D eigenvalue weighted by molar-refractivity contribution is 5.79. The monoisotopic (exact) mass is 235 g/mol. The number of methoxy groups -OCH3 is 1. The lowest BCUT2D eigenvalue weighted by Gasteiger charge is -2.22. The fourth-order valence-corrected chi connectivity index (χ4v) is 1.63. The van der Waals surface area contributed by atoms with Crippen molar-refractivity contribution in [3.05, 3.63) is 29.8 Å². The molecule has 0 radical (unpaired) electrons. The van der Waals surface area contributed by atoms with Crippen LogP contribution in [0.3, 0.4) is 0 Å². The van der Waals surface area contributed by atoms with E-state index in [-0.39, 0.29) is 17.9 Å². The maximum atomic E-state index is 11.7. The number of ether oxygens (including phenoxy) is 1. The Labute approximate surface area is 103 Å². The summed E-state index contributed by atoms with van der Waals surface area (Å²) in [5.41, 5.74) is 2.15. The number of nitrogens with one attached hydrogen (secondary N) is 1. The molecule has 94 valence electrons. The maximum Gasteiger partial charge on any atom is 0.328 e. The smallest absolute Gasteiger partial charge is 0.328 e. The van der Waals surface area contributed by atoms with Gasteiger partial charge < -0.3 is 10.1 Å². The molecule has 0 spiro atoms. The first-order valence-electron chi connectivity index (χ1n) is 5.99. The minimum absolute atomic E-state index is 0.208. The van der Waals surface area contributed by atoms with Crippen LogP contribution in [0.5, 0.6) is 0 Å². The second-order valence-corrected chi connectivity index (χ2v) is 4.40. The zero-order chi connectivity index (χ0) is 12.8. The SMILES string of the molecule is CCC(C)C(Nc1ccc(C)cc1)C(=O)OC. The van der Waals surface area contributed by atoms with Crippen molar-refractivity contribution in [3.8, 4) is 0 Å². The highest BCUT2D eigenvalue weighted by atomic mass is 16.5. The second kappa shape index (κ2) is 6.28. The Morgan fingerprint density at radius 3 is 2.41 bits per heavy atom. The van der Waals surface area contributed by atoms with Gasteiger partial charge >= 0.3 is 5.97 Å². The lowest BCUT2D eigenvalue weighted by molar-refractivity contribution is -0.142. The first kappa shape index (κ1) is 13.6. The normalized spacial score (nSPS) is 13.9. The average molecular weight is 235 g/mol. The third kappa shape index (κ3) is 3.77. The molecule has 0 aromatic heterocycles. The van der Waals surface area contributed by atoms with E-state index in [1.165, 1.54) is 12.7 Å². The Hall–Kier alpha value is -1.51. The molecule has 2 atom stereocenters. The van der Waals surface area contributed by atoms with Crippen LogP contribution in [-0.4, -0.2) is 19.1 Å². The van der Waals surface area contributed by atoms with Crippen molar-refractivity contribution in [2.24, 2.45) is 5.92 Å². The van der Waals surface area contributed by atoms with Crippen molar-refractivity contribution in [1.82, 2.24) is 0 Å². The second-order valence-electron chi connectivity index (χ2n) is 4.40. The molecule has 1 aromatic rings. The van der Waals surface area contributed by atoms with Gasteiger partial charge in [0, 0.05) is 5.69 Å². The standard InChI is InChI=1S/C14H21NO2/c1-5-11(3)13(14(16)17-4)15-12-8-6-10(2)7-9-12/h6-9,11,13,15H,5H2,1-4H3. The molecule has 17 heavy (non-hydrogen) atoms. The summed E-state index contributed by atoms with van der Waals surface area (Å²) >= 11 is 0. The van der Waals surface area contributed by atoms with Crippen molar-refractivity contribution in [3.63, 3.8) is 0 Å². The number of benzene rings is 1. The van der Waals surface area contributed by atoms with E-state index < -0.39 is 0 Å². The van der Waals surface area contributed by atoms with Gasteiger partial charge in [0.2, 0.25) is 0 Å². The van der Waals surface area contributed by atoms with Crippen molar-refractivity contribution < 1.29 is 9.53 Å². The van der Waals surface area contributed by atoms with Crippen LogP contribution < -0.4 is 5.32 Å². The number of hydrogen-bond acceptors (Lipinski definition) is 3. The molecule has 0 heterocycles. The molecule has 0 aliphatic heterocycles. The highest BCUT2D eigenvalue weighted by Gasteiger charge is 2.24. The van der Waals surface area contributed by atoms with Gasteiger partial charge in [-0.15, -0.1) is 0 Å². The first-order chi connectivity index (χ1) is 8.08. The van der Waals surface area contributed by atoms with Gasteiger partial charge in [0.05, 0.1) is 7.11 Å².